The summed E-state index contributed by atoms with van der Waals surface area (Å²) in [5, 5.41) is 0. The highest BCUT2D eigenvalue weighted by molar-refractivity contribution is 5.87. The molecule has 1 fully saturated rings. The fraction of sp³-hybridized carbons (Fsp3) is 0.529. The van der Waals surface area contributed by atoms with Crippen molar-refractivity contribution in [2.75, 3.05) is 13.1 Å². The average Bonchev–Trinajstić information content (AvgIpc) is 2.52. The summed E-state index contributed by atoms with van der Waals surface area (Å²) in [4.78, 5) is 20.4. The lowest BCUT2D eigenvalue weighted by Gasteiger charge is -2.41. The van der Waals surface area contributed by atoms with Crippen LogP contribution in [0.15, 0.2) is 37.2 Å². The second-order valence-corrected chi connectivity index (χ2v) is 5.91. The van der Waals surface area contributed by atoms with Crippen molar-refractivity contribution < 1.29 is 4.79 Å². The second-order valence-electron chi connectivity index (χ2n) is 5.91. The molecular weight excluding hydrogens is 262 g/mol. The van der Waals surface area contributed by atoms with Crippen LogP contribution >= 0.6 is 0 Å². The molecule has 1 aliphatic rings. The molecule has 0 unspecified atom stereocenters. The third-order valence-corrected chi connectivity index (χ3v) is 4.10. The molecule has 0 spiro atoms. The van der Waals surface area contributed by atoms with Gasteiger partial charge in [0, 0.05) is 44.1 Å². The number of carbonyl (C=O) groups is 1. The van der Waals surface area contributed by atoms with Gasteiger partial charge < -0.3 is 4.90 Å². The van der Waals surface area contributed by atoms with Crippen LogP contribution in [0.1, 0.15) is 32.3 Å². The topological polar surface area (TPSA) is 36.4 Å². The van der Waals surface area contributed by atoms with Gasteiger partial charge in [0.1, 0.15) is 0 Å². The highest BCUT2D eigenvalue weighted by Gasteiger charge is 2.28. The van der Waals surface area contributed by atoms with E-state index in [1.807, 2.05) is 17.2 Å². The molecule has 0 radical (unpaired) electrons. The van der Waals surface area contributed by atoms with Crippen molar-refractivity contribution in [1.29, 1.82) is 0 Å². The number of aromatic nitrogens is 1. The number of piperidine rings is 1. The lowest BCUT2D eigenvalue weighted by atomic mass is 10.0. The van der Waals surface area contributed by atoms with Gasteiger partial charge in [-0.25, -0.2) is 0 Å². The third kappa shape index (κ3) is 4.14. The van der Waals surface area contributed by atoms with Crippen LogP contribution in [-0.4, -0.2) is 45.9 Å². The first-order chi connectivity index (χ1) is 10.1. The first kappa shape index (κ1) is 15.7. The van der Waals surface area contributed by atoms with Gasteiger partial charge in [0.05, 0.1) is 0 Å². The van der Waals surface area contributed by atoms with Gasteiger partial charge in [0.15, 0.2) is 0 Å². The lowest BCUT2D eigenvalue weighted by Crippen LogP contribution is -2.51. The van der Waals surface area contributed by atoms with Crippen LogP contribution in [0.3, 0.4) is 0 Å². The highest BCUT2D eigenvalue weighted by Crippen LogP contribution is 2.20. The van der Waals surface area contributed by atoms with Crippen LogP contribution in [0.2, 0.25) is 0 Å². The van der Waals surface area contributed by atoms with Crippen LogP contribution in [0.5, 0.6) is 0 Å². The van der Waals surface area contributed by atoms with E-state index in [0.29, 0.717) is 12.1 Å². The molecule has 21 heavy (non-hydrogen) atoms. The molecule has 114 valence electrons. The molecule has 1 aromatic heterocycles. The number of nitrogens with zero attached hydrogens (tertiary/aromatic N) is 3. The van der Waals surface area contributed by atoms with Crippen LogP contribution in [0.25, 0.3) is 0 Å². The number of rotatable bonds is 5. The van der Waals surface area contributed by atoms with Crippen molar-refractivity contribution in [2.24, 2.45) is 0 Å². The zero-order valence-electron chi connectivity index (χ0n) is 13.0. The predicted octanol–water partition coefficient (Wildman–Crippen LogP) is 2.47. The first-order valence-electron chi connectivity index (χ1n) is 7.67. The Morgan fingerprint density at radius 2 is 2.43 bits per heavy atom. The second kappa shape index (κ2) is 7.36. The zero-order chi connectivity index (χ0) is 15.2. The molecule has 0 aliphatic carbocycles. The van der Waals surface area contributed by atoms with E-state index in [1.54, 1.807) is 6.20 Å². The summed E-state index contributed by atoms with van der Waals surface area (Å²) in [6.45, 7) is 10.5. The highest BCUT2D eigenvalue weighted by atomic mass is 16.2. The van der Waals surface area contributed by atoms with Gasteiger partial charge in [-0.15, -0.1) is 0 Å². The fourth-order valence-corrected chi connectivity index (χ4v) is 2.99. The molecule has 1 atom stereocenters. The Kier molecular flexibility index (Phi) is 5.51. The smallest absolute Gasteiger partial charge is 0.246 e. The molecule has 1 saturated heterocycles. The number of hydrogen-bond acceptors (Lipinski definition) is 3. The van der Waals surface area contributed by atoms with Gasteiger partial charge in [-0.1, -0.05) is 12.6 Å². The molecule has 2 rings (SSSR count). The van der Waals surface area contributed by atoms with Gasteiger partial charge in [0.2, 0.25) is 5.91 Å². The summed E-state index contributed by atoms with van der Waals surface area (Å²) in [5.41, 5.74) is 1.22. The van der Waals surface area contributed by atoms with Crippen molar-refractivity contribution in [1.82, 2.24) is 14.8 Å². The summed E-state index contributed by atoms with van der Waals surface area (Å²) >= 11 is 0. The van der Waals surface area contributed by atoms with Crippen molar-refractivity contribution in [3.63, 3.8) is 0 Å². The molecule has 4 heteroatoms. The van der Waals surface area contributed by atoms with Crippen molar-refractivity contribution in [3.8, 4) is 0 Å². The average molecular weight is 287 g/mol. The molecule has 0 N–H and O–H groups in total. The van der Waals surface area contributed by atoms with Crippen LogP contribution in [0, 0.1) is 0 Å². The molecule has 1 aromatic rings. The van der Waals surface area contributed by atoms with E-state index in [4.69, 9.17) is 0 Å². The zero-order valence-corrected chi connectivity index (χ0v) is 13.0. The molecule has 1 aliphatic heterocycles. The minimum Gasteiger partial charge on any atom is -0.338 e. The Morgan fingerprint density at radius 3 is 3.05 bits per heavy atom. The summed E-state index contributed by atoms with van der Waals surface area (Å²) in [6.07, 6.45) is 7.34. The molecule has 0 saturated carbocycles. The fourth-order valence-electron chi connectivity index (χ4n) is 2.99. The van der Waals surface area contributed by atoms with E-state index in [9.17, 15) is 4.79 Å². The molecule has 0 bridgehead atoms. The van der Waals surface area contributed by atoms with Crippen LogP contribution in [-0.2, 0) is 11.3 Å². The minimum absolute atomic E-state index is 0.0461. The Balaban J connectivity index is 2.07. The Bertz CT molecular complexity index is 472. The SMILES string of the molecule is C=CC(=O)N1CCC[C@@H](N(Cc2cccnc2)C(C)C)C1. The monoisotopic (exact) mass is 287 g/mol. The summed E-state index contributed by atoms with van der Waals surface area (Å²) in [5.74, 6) is 0.0461. The first-order valence-corrected chi connectivity index (χ1v) is 7.67. The van der Waals surface area contributed by atoms with Crippen molar-refractivity contribution in [3.05, 3.63) is 42.7 Å². The number of likely N-dealkylation sites (tertiary alicyclic amines) is 1. The van der Waals surface area contributed by atoms with Crippen LogP contribution < -0.4 is 0 Å². The largest absolute Gasteiger partial charge is 0.338 e. The van der Waals surface area contributed by atoms with Gasteiger partial charge in [-0.2, -0.15) is 0 Å². The van der Waals surface area contributed by atoms with Crippen molar-refractivity contribution >= 4 is 5.91 Å². The maximum atomic E-state index is 11.8. The Morgan fingerprint density at radius 1 is 1.62 bits per heavy atom. The van der Waals surface area contributed by atoms with Crippen LogP contribution in [0.4, 0.5) is 0 Å². The summed E-state index contributed by atoms with van der Waals surface area (Å²) in [6, 6.07) is 4.93. The molecule has 1 amide bonds. The third-order valence-electron chi connectivity index (χ3n) is 4.10. The van der Waals surface area contributed by atoms with Gasteiger partial charge in [0.25, 0.3) is 0 Å². The van der Waals surface area contributed by atoms with E-state index in [-0.39, 0.29) is 5.91 Å². The summed E-state index contributed by atoms with van der Waals surface area (Å²) in [7, 11) is 0. The quantitative estimate of drug-likeness (QED) is 0.781. The molecule has 0 aromatic carbocycles. The Hall–Kier alpha value is -1.68. The molecule has 2 heterocycles. The maximum absolute atomic E-state index is 11.8. The van der Waals surface area contributed by atoms with Crippen molar-refractivity contribution in [2.45, 2.75) is 45.3 Å². The normalized spacial score (nSPS) is 19.0. The van der Waals surface area contributed by atoms with Gasteiger partial charge in [-0.05, 0) is 44.4 Å². The standard InChI is InChI=1S/C17H25N3O/c1-4-17(21)19-10-6-8-16(13-19)20(14(2)3)12-15-7-5-9-18-11-15/h4-5,7,9,11,14,16H,1,6,8,10,12-13H2,2-3H3/t16-/m1/s1. The van der Waals surface area contributed by atoms with E-state index >= 15 is 0 Å². The lowest BCUT2D eigenvalue weighted by molar-refractivity contribution is -0.128. The van der Waals surface area contributed by atoms with E-state index in [2.05, 4.69) is 36.4 Å². The van der Waals surface area contributed by atoms with Gasteiger partial charge in [-0.3, -0.25) is 14.7 Å². The molecule has 4 nitrogen and oxygen atoms in total. The number of pyridine rings is 1. The predicted molar refractivity (Wildman–Crippen MR) is 84.7 cm³/mol. The molecular formula is C17H25N3O. The number of hydrogen-bond donors (Lipinski definition) is 0. The van der Waals surface area contributed by atoms with Gasteiger partial charge >= 0.3 is 0 Å². The minimum atomic E-state index is 0.0461. The van der Waals surface area contributed by atoms with E-state index in [0.717, 1.165) is 32.5 Å². The number of amides is 1. The Labute approximate surface area is 127 Å². The maximum Gasteiger partial charge on any atom is 0.246 e. The summed E-state index contributed by atoms with van der Waals surface area (Å²) < 4.78 is 0. The van der Waals surface area contributed by atoms with E-state index < -0.39 is 0 Å². The number of carbonyl (C=O) groups excluding carboxylic acids is 1. The van der Waals surface area contributed by atoms with E-state index in [1.165, 1.54) is 11.6 Å².